The fourth-order valence-corrected chi connectivity index (χ4v) is 15.3. The Morgan fingerprint density at radius 2 is 0.773 bits per heavy atom. The molecule has 10 nitrogen and oxygen atoms in total. The molecule has 0 N–H and O–H groups in total. The molecule has 0 radical (unpaired) electrons. The third kappa shape index (κ3) is 23.6. The smallest absolute Gasteiger partial charge is 0.311 e. The lowest BCUT2D eigenvalue weighted by Gasteiger charge is -2.36. The Morgan fingerprint density at radius 3 is 0.955 bits per heavy atom. The van der Waals surface area contributed by atoms with Gasteiger partial charge in [-0.05, 0) is 39.3 Å². The summed E-state index contributed by atoms with van der Waals surface area (Å²) in [6, 6.07) is 0. The first kappa shape index (κ1) is 45.5. The molecule has 0 aromatic heterocycles. The number of hydrogen-bond acceptors (Lipinski definition) is 14. The van der Waals surface area contributed by atoms with Gasteiger partial charge in [-0.1, -0.05) is 11.4 Å². The maximum atomic E-state index is 11.8. The molecule has 0 aliphatic rings. The third-order valence-electron chi connectivity index (χ3n) is 5.42. The normalized spacial score (nSPS) is 11.9. The second-order valence-electron chi connectivity index (χ2n) is 11.3. The summed E-state index contributed by atoms with van der Waals surface area (Å²) in [5, 5.41) is 0. The summed E-state index contributed by atoms with van der Waals surface area (Å²) >= 11 is 15.9. The molecule has 0 aliphatic heterocycles. The van der Waals surface area contributed by atoms with Gasteiger partial charge in [0.15, 0.2) is 16.6 Å². The Hall–Kier alpha value is -0.669. The molecule has 0 fully saturated rings. The van der Waals surface area contributed by atoms with Crippen LogP contribution in [0.1, 0.15) is 25.7 Å². The van der Waals surface area contributed by atoms with Gasteiger partial charge in [-0.3, -0.25) is 19.2 Å². The van der Waals surface area contributed by atoms with E-state index in [4.69, 9.17) is 27.2 Å². The molecule has 0 rings (SSSR count). The summed E-state index contributed by atoms with van der Waals surface area (Å²) in [7, 11) is -5.51. The van der Waals surface area contributed by atoms with Crippen molar-refractivity contribution in [1.29, 1.82) is 0 Å². The van der Waals surface area contributed by atoms with Crippen LogP contribution in [-0.2, 0) is 46.4 Å². The van der Waals surface area contributed by atoms with Crippen LogP contribution in [0.3, 0.4) is 0 Å². The van der Waals surface area contributed by atoms with Crippen molar-refractivity contribution in [2.75, 3.05) is 49.4 Å². The van der Waals surface area contributed by atoms with E-state index in [1.165, 1.54) is 0 Å². The first-order chi connectivity index (χ1) is 20.4. The first-order valence-electron chi connectivity index (χ1n) is 14.1. The van der Waals surface area contributed by atoms with Crippen LogP contribution in [0.15, 0.2) is 24.6 Å². The molecule has 0 saturated carbocycles. The molecule has 0 spiro atoms. The van der Waals surface area contributed by atoms with Gasteiger partial charge in [-0.25, -0.2) is 0 Å². The fraction of sp³-hybridized carbons (Fsp3) is 0.704. The molecular formula is C27H52O10S4Si3. The zero-order valence-corrected chi connectivity index (χ0v) is 33.5. The van der Waals surface area contributed by atoms with Gasteiger partial charge in [0.25, 0.3) is 0 Å². The van der Waals surface area contributed by atoms with Crippen LogP contribution in [0.25, 0.3) is 0 Å². The van der Waals surface area contributed by atoms with Gasteiger partial charge in [0.05, 0.1) is 25.7 Å². The minimum atomic E-state index is -2.04. The van der Waals surface area contributed by atoms with E-state index in [0.717, 1.165) is 0 Å². The fourth-order valence-electron chi connectivity index (χ4n) is 3.21. The quantitative estimate of drug-likeness (QED) is 0.0521. The van der Waals surface area contributed by atoms with Crippen LogP contribution in [0.2, 0.25) is 39.3 Å². The van der Waals surface area contributed by atoms with E-state index in [0.29, 0.717) is 0 Å². The number of esters is 4. The monoisotopic (exact) mass is 748 g/mol. The highest BCUT2D eigenvalue weighted by Crippen LogP contribution is 2.23. The van der Waals surface area contributed by atoms with Crippen molar-refractivity contribution < 1.29 is 46.4 Å². The molecule has 44 heavy (non-hydrogen) atoms. The predicted molar refractivity (Wildman–Crippen MR) is 195 cm³/mol. The molecule has 0 aliphatic carbocycles. The van der Waals surface area contributed by atoms with Gasteiger partial charge in [0, 0.05) is 23.0 Å². The Morgan fingerprint density at radius 1 is 0.545 bits per heavy atom. The number of hydrogen-bond donors (Lipinski definition) is 4. The minimum Gasteiger partial charge on any atom is -0.465 e. The topological polar surface area (TPSA) is 124 Å². The zero-order valence-electron chi connectivity index (χ0n) is 26.9. The summed E-state index contributed by atoms with van der Waals surface area (Å²) < 4.78 is 33.1. The van der Waals surface area contributed by atoms with Gasteiger partial charge in [0.2, 0.25) is 0 Å². The Labute approximate surface area is 288 Å². The van der Waals surface area contributed by atoms with E-state index >= 15 is 0 Å². The molecule has 0 bridgehead atoms. The molecule has 0 aromatic carbocycles. The van der Waals surface area contributed by atoms with Crippen molar-refractivity contribution in [3.05, 3.63) is 24.6 Å². The second kappa shape index (κ2) is 23.6. The molecule has 256 valence electrons. The van der Waals surface area contributed by atoms with Gasteiger partial charge < -0.3 is 27.2 Å². The predicted octanol–water partition coefficient (Wildman–Crippen LogP) is 5.01. The van der Waals surface area contributed by atoms with Crippen LogP contribution >= 0.6 is 50.5 Å². The number of thiol groups is 4. The largest absolute Gasteiger partial charge is 0.465 e. The lowest BCUT2D eigenvalue weighted by molar-refractivity contribution is -0.170. The van der Waals surface area contributed by atoms with Crippen LogP contribution in [0.5, 0.6) is 0 Å². The number of ether oxygens (including phenoxy) is 4. The summed E-state index contributed by atoms with van der Waals surface area (Å²) in [5.74, 6) is -0.978. The molecule has 0 aromatic rings. The lowest BCUT2D eigenvalue weighted by atomic mass is 9.92. The first-order valence-corrected chi connectivity index (χ1v) is 25.4. The standard InChI is InChI=1S/C17H28O8S4.C10H24O2Si3/c18-13(1-5-26)22-9-17(10-23-14(19)2-6-27,11-24-15(20)3-7-28)12-25-16(21)4-8-29;1-9-13(3,4)11-15(7,8)12-14(5,6)10-2/h26-29H,1-12H2;9-10H,1-2H2,3-8H3. The molecule has 0 amide bonds. The molecule has 0 unspecified atom stereocenters. The molecule has 17 heteroatoms. The maximum Gasteiger partial charge on any atom is 0.311 e. The van der Waals surface area contributed by atoms with E-state index in [-0.39, 0.29) is 75.1 Å². The van der Waals surface area contributed by atoms with E-state index in [1.807, 2.05) is 11.4 Å². The Kier molecular flexibility index (Phi) is 24.4. The summed E-state index contributed by atoms with van der Waals surface area (Å²) in [4.78, 5) is 47.1. The summed E-state index contributed by atoms with van der Waals surface area (Å²) in [5.41, 5.74) is 2.65. The van der Waals surface area contributed by atoms with E-state index in [2.05, 4.69) is 103 Å². The number of rotatable bonds is 22. The molecule has 0 saturated heterocycles. The average Bonchev–Trinajstić information content (AvgIpc) is 2.92. The number of carbonyl (C=O) groups is 4. The van der Waals surface area contributed by atoms with Crippen LogP contribution in [0, 0.1) is 5.41 Å². The highest BCUT2D eigenvalue weighted by Gasteiger charge is 2.38. The van der Waals surface area contributed by atoms with E-state index in [9.17, 15) is 19.2 Å². The van der Waals surface area contributed by atoms with Gasteiger partial charge in [0.1, 0.15) is 31.8 Å². The van der Waals surface area contributed by atoms with E-state index in [1.54, 1.807) is 0 Å². The molecular weight excluding hydrogens is 697 g/mol. The van der Waals surface area contributed by atoms with Crippen molar-refractivity contribution in [3.8, 4) is 0 Å². The lowest BCUT2D eigenvalue weighted by Crippen LogP contribution is -2.51. The SMILES string of the molecule is C=C[Si](C)(C)O[Si](C)(C)O[Si](C)(C)C=C.O=C(CCS)OCC(COC(=O)CCS)(COC(=O)CCS)COC(=O)CCS. The summed E-state index contributed by atoms with van der Waals surface area (Å²) in [6.45, 7) is 19.3. The van der Waals surface area contributed by atoms with Crippen LogP contribution in [-0.4, -0.2) is 98.5 Å². The Bertz CT molecular complexity index is 803. The molecule has 0 atom stereocenters. The highest BCUT2D eigenvalue weighted by atomic mass is 32.1. The minimum absolute atomic E-state index is 0.0670. The highest BCUT2D eigenvalue weighted by molar-refractivity contribution is 7.80. The van der Waals surface area contributed by atoms with Gasteiger partial charge in [-0.15, -0.1) is 13.2 Å². The Balaban J connectivity index is 0. The van der Waals surface area contributed by atoms with Gasteiger partial charge in [-0.2, -0.15) is 50.5 Å². The second-order valence-corrected chi connectivity index (χ2v) is 24.7. The van der Waals surface area contributed by atoms with E-state index < -0.39 is 54.5 Å². The number of carbonyl (C=O) groups excluding carboxylic acids is 4. The molecule has 0 heterocycles. The third-order valence-corrected chi connectivity index (χ3v) is 16.4. The van der Waals surface area contributed by atoms with Crippen LogP contribution in [0.4, 0.5) is 0 Å². The average molecular weight is 749 g/mol. The van der Waals surface area contributed by atoms with Crippen molar-refractivity contribution in [3.63, 3.8) is 0 Å². The van der Waals surface area contributed by atoms with Gasteiger partial charge >= 0.3 is 32.4 Å². The zero-order chi connectivity index (χ0) is 34.5. The summed E-state index contributed by atoms with van der Waals surface area (Å²) in [6.07, 6.45) is 0.268. The van der Waals surface area contributed by atoms with Crippen LogP contribution < -0.4 is 0 Å². The maximum absolute atomic E-state index is 11.8. The van der Waals surface area contributed by atoms with Crippen molar-refractivity contribution in [2.24, 2.45) is 5.41 Å². The van der Waals surface area contributed by atoms with Crippen molar-refractivity contribution in [2.45, 2.75) is 65.0 Å². The van der Waals surface area contributed by atoms with Crippen molar-refractivity contribution in [1.82, 2.24) is 0 Å². The van der Waals surface area contributed by atoms with Crippen molar-refractivity contribution >= 4 is 99.6 Å².